The zero-order valence-electron chi connectivity index (χ0n) is 11.9. The van der Waals surface area contributed by atoms with Crippen molar-refractivity contribution >= 4 is 21.7 Å². The molecule has 0 atom stereocenters. The molecule has 1 N–H and O–H groups in total. The van der Waals surface area contributed by atoms with Crippen molar-refractivity contribution in [2.45, 2.75) is 18.7 Å². The van der Waals surface area contributed by atoms with Crippen LogP contribution in [0.4, 0.5) is 10.1 Å². The second-order valence-electron chi connectivity index (χ2n) is 4.78. The average molecular weight is 322 g/mol. The monoisotopic (exact) mass is 322 g/mol. The van der Waals surface area contributed by atoms with Crippen LogP contribution in [0.25, 0.3) is 0 Å². The Bertz CT molecular complexity index is 847. The highest BCUT2D eigenvalue weighted by molar-refractivity contribution is 7.92. The van der Waals surface area contributed by atoms with E-state index in [2.05, 4.69) is 4.72 Å². The summed E-state index contributed by atoms with van der Waals surface area (Å²) in [6, 6.07) is 7.62. The number of carbonyl (C=O) groups is 1. The van der Waals surface area contributed by atoms with E-state index in [9.17, 15) is 22.7 Å². The first kappa shape index (κ1) is 16.0. The molecule has 0 bridgehead atoms. The van der Waals surface area contributed by atoms with Crippen LogP contribution in [0.15, 0.2) is 41.3 Å². The number of aromatic carboxylic acids is 1. The maximum absolute atomic E-state index is 13.3. The Kier molecular flexibility index (Phi) is 4.18. The van der Waals surface area contributed by atoms with Crippen molar-refractivity contribution in [3.63, 3.8) is 0 Å². The van der Waals surface area contributed by atoms with E-state index in [0.29, 0.717) is 5.69 Å². The number of hydrogen-bond acceptors (Lipinski definition) is 4. The van der Waals surface area contributed by atoms with Crippen molar-refractivity contribution in [3.8, 4) is 0 Å². The maximum Gasteiger partial charge on any atom is 0.261 e. The van der Waals surface area contributed by atoms with Crippen molar-refractivity contribution < 1.29 is 22.7 Å². The van der Waals surface area contributed by atoms with Gasteiger partial charge in [-0.25, -0.2) is 12.8 Å². The highest BCUT2D eigenvalue weighted by Crippen LogP contribution is 2.23. The van der Waals surface area contributed by atoms with Gasteiger partial charge in [0, 0.05) is 5.56 Å². The smallest absolute Gasteiger partial charge is 0.261 e. The lowest BCUT2D eigenvalue weighted by atomic mass is 10.1. The first-order chi connectivity index (χ1) is 10.2. The van der Waals surface area contributed by atoms with Crippen LogP contribution in [0.1, 0.15) is 21.5 Å². The van der Waals surface area contributed by atoms with E-state index in [1.807, 2.05) is 13.0 Å². The van der Waals surface area contributed by atoms with E-state index in [1.54, 1.807) is 19.1 Å². The summed E-state index contributed by atoms with van der Waals surface area (Å²) in [7, 11) is -4.03. The third-order valence-corrected chi connectivity index (χ3v) is 4.68. The summed E-state index contributed by atoms with van der Waals surface area (Å²) in [5.41, 5.74) is 1.21. The number of sulfonamides is 1. The van der Waals surface area contributed by atoms with Crippen LogP contribution in [-0.2, 0) is 10.0 Å². The lowest BCUT2D eigenvalue weighted by Gasteiger charge is -2.13. The summed E-state index contributed by atoms with van der Waals surface area (Å²) in [6.07, 6.45) is 0. The fourth-order valence-electron chi connectivity index (χ4n) is 1.89. The van der Waals surface area contributed by atoms with Crippen molar-refractivity contribution in [1.29, 1.82) is 0 Å². The molecular weight excluding hydrogens is 309 g/mol. The lowest BCUT2D eigenvalue weighted by Crippen LogP contribution is -2.24. The molecule has 0 amide bonds. The van der Waals surface area contributed by atoms with Gasteiger partial charge in [0.15, 0.2) is 0 Å². The van der Waals surface area contributed by atoms with E-state index in [4.69, 9.17) is 0 Å². The van der Waals surface area contributed by atoms with Gasteiger partial charge in [0.25, 0.3) is 10.0 Å². The van der Waals surface area contributed by atoms with Gasteiger partial charge in [-0.05, 0) is 49.2 Å². The van der Waals surface area contributed by atoms with Gasteiger partial charge in [-0.2, -0.15) is 0 Å². The highest BCUT2D eigenvalue weighted by Gasteiger charge is 2.18. The zero-order valence-corrected chi connectivity index (χ0v) is 12.7. The molecule has 7 heteroatoms. The molecule has 0 aliphatic carbocycles. The van der Waals surface area contributed by atoms with E-state index < -0.39 is 27.4 Å². The van der Waals surface area contributed by atoms with Crippen LogP contribution in [0.5, 0.6) is 0 Å². The number of anilines is 1. The number of carboxylic acids is 1. The predicted octanol–water partition coefficient (Wildman–Crippen LogP) is 1.61. The number of nitrogens with one attached hydrogen (secondary N) is 1. The zero-order chi connectivity index (χ0) is 16.5. The van der Waals surface area contributed by atoms with Crippen molar-refractivity contribution in [2.24, 2.45) is 0 Å². The number of carbonyl (C=O) groups excluding carboxylic acids is 1. The number of hydrogen-bond donors (Lipinski definition) is 1. The molecule has 2 aromatic carbocycles. The molecule has 0 aliphatic heterocycles. The van der Waals surface area contributed by atoms with Crippen molar-refractivity contribution in [2.75, 3.05) is 4.72 Å². The summed E-state index contributed by atoms with van der Waals surface area (Å²) >= 11 is 0. The van der Waals surface area contributed by atoms with Gasteiger partial charge in [-0.1, -0.05) is 12.1 Å². The molecule has 0 radical (unpaired) electrons. The van der Waals surface area contributed by atoms with Gasteiger partial charge in [0.2, 0.25) is 0 Å². The Morgan fingerprint density at radius 3 is 2.50 bits per heavy atom. The number of halogens is 1. The maximum atomic E-state index is 13.3. The fourth-order valence-corrected chi connectivity index (χ4v) is 3.04. The van der Waals surface area contributed by atoms with Crippen LogP contribution >= 0.6 is 0 Å². The van der Waals surface area contributed by atoms with E-state index in [0.717, 1.165) is 29.3 Å². The third kappa shape index (κ3) is 3.09. The van der Waals surface area contributed by atoms with Gasteiger partial charge >= 0.3 is 0 Å². The Morgan fingerprint density at radius 1 is 1.18 bits per heavy atom. The average Bonchev–Trinajstić information content (AvgIpc) is 2.43. The molecule has 0 fully saturated rings. The molecule has 5 nitrogen and oxygen atoms in total. The topological polar surface area (TPSA) is 86.3 Å². The lowest BCUT2D eigenvalue weighted by molar-refractivity contribution is -0.255. The predicted molar refractivity (Wildman–Crippen MR) is 77.5 cm³/mol. The Balaban J connectivity index is 2.45. The molecule has 0 unspecified atom stereocenters. The summed E-state index contributed by atoms with van der Waals surface area (Å²) in [5, 5.41) is 10.8. The van der Waals surface area contributed by atoms with Crippen LogP contribution in [0.2, 0.25) is 0 Å². The molecule has 116 valence electrons. The van der Waals surface area contributed by atoms with E-state index >= 15 is 0 Å². The molecule has 2 aromatic rings. The summed E-state index contributed by atoms with van der Waals surface area (Å²) < 4.78 is 40.3. The molecule has 0 saturated heterocycles. The Labute approximate surface area is 127 Å². The second kappa shape index (κ2) is 5.76. The molecular formula is C15H13FNO4S-. The summed E-state index contributed by atoms with van der Waals surface area (Å²) in [5.74, 6) is -2.83. The normalized spacial score (nSPS) is 11.2. The van der Waals surface area contributed by atoms with Crippen molar-refractivity contribution in [3.05, 3.63) is 58.9 Å². The fraction of sp³-hybridized carbons (Fsp3) is 0.133. The minimum Gasteiger partial charge on any atom is -0.545 e. The minimum absolute atomic E-state index is 0.353. The van der Waals surface area contributed by atoms with Crippen LogP contribution in [-0.4, -0.2) is 14.4 Å². The first-order valence-electron chi connectivity index (χ1n) is 6.32. The number of rotatable bonds is 4. The Morgan fingerprint density at radius 2 is 1.86 bits per heavy atom. The molecule has 0 heterocycles. The van der Waals surface area contributed by atoms with Crippen LogP contribution in [0, 0.1) is 19.7 Å². The molecule has 2 rings (SSSR count). The molecule has 22 heavy (non-hydrogen) atoms. The second-order valence-corrected chi connectivity index (χ2v) is 6.46. The molecule has 0 spiro atoms. The quantitative estimate of drug-likeness (QED) is 0.926. The largest absolute Gasteiger partial charge is 0.545 e. The highest BCUT2D eigenvalue weighted by atomic mass is 32.2. The molecule has 0 aliphatic rings. The van der Waals surface area contributed by atoms with E-state index in [1.165, 1.54) is 0 Å². The van der Waals surface area contributed by atoms with Gasteiger partial charge in [0.1, 0.15) is 5.82 Å². The first-order valence-corrected chi connectivity index (χ1v) is 7.80. The summed E-state index contributed by atoms with van der Waals surface area (Å²) in [6.45, 7) is 3.59. The third-order valence-electron chi connectivity index (χ3n) is 3.32. The number of carboxylic acid groups (broad SMARTS) is 1. The SMILES string of the molecule is Cc1cccc(NS(=O)(=O)c2ccc(F)c(C(=O)[O-])c2)c1C. The van der Waals surface area contributed by atoms with Gasteiger partial charge < -0.3 is 9.90 Å². The minimum atomic E-state index is -4.03. The standard InChI is InChI=1S/C15H14FNO4S/c1-9-4-3-5-14(10(9)2)17-22(20,21)11-6-7-13(16)12(8-11)15(18)19/h3-8,17H,1-2H3,(H,18,19)/p-1. The Hall–Kier alpha value is -2.41. The number of benzene rings is 2. The van der Waals surface area contributed by atoms with Gasteiger partial charge in [-0.3, -0.25) is 4.72 Å². The van der Waals surface area contributed by atoms with Crippen LogP contribution in [0.3, 0.4) is 0 Å². The van der Waals surface area contributed by atoms with Gasteiger partial charge in [0.05, 0.1) is 16.6 Å². The van der Waals surface area contributed by atoms with E-state index in [-0.39, 0.29) is 4.90 Å². The van der Waals surface area contributed by atoms with Crippen molar-refractivity contribution in [1.82, 2.24) is 0 Å². The van der Waals surface area contributed by atoms with Crippen LogP contribution < -0.4 is 9.83 Å². The molecule has 0 saturated carbocycles. The number of aryl methyl sites for hydroxylation is 1. The van der Waals surface area contributed by atoms with Gasteiger partial charge in [-0.15, -0.1) is 0 Å². The molecule has 0 aromatic heterocycles. The summed E-state index contributed by atoms with van der Waals surface area (Å²) in [4.78, 5) is 10.4.